The lowest BCUT2D eigenvalue weighted by molar-refractivity contribution is 0.1000. The fourth-order valence-corrected chi connectivity index (χ4v) is 0.854. The minimum atomic E-state index is -0.610. The minimum absolute atomic E-state index is 0.317. The first-order chi connectivity index (χ1) is 6.27. The Morgan fingerprint density at radius 1 is 1.62 bits per heavy atom. The van der Waals surface area contributed by atoms with Crippen LogP contribution in [0.5, 0.6) is 5.75 Å². The van der Waals surface area contributed by atoms with Gasteiger partial charge in [0.25, 0.3) is 0 Å². The van der Waals surface area contributed by atoms with Crippen molar-refractivity contribution in [2.75, 3.05) is 7.11 Å². The van der Waals surface area contributed by atoms with Crippen LogP contribution in [0.4, 0.5) is 0 Å². The highest BCUT2D eigenvalue weighted by Gasteiger charge is 2.02. The van der Waals surface area contributed by atoms with Gasteiger partial charge in [-0.15, -0.1) is 0 Å². The summed E-state index contributed by atoms with van der Waals surface area (Å²) >= 11 is 0. The molecule has 0 unspecified atom stereocenters. The van der Waals surface area contributed by atoms with E-state index in [1.807, 2.05) is 0 Å². The van der Waals surface area contributed by atoms with E-state index < -0.39 is 5.91 Å². The molecule has 1 aromatic rings. The molecule has 1 aromatic carbocycles. The third-order valence-corrected chi connectivity index (χ3v) is 1.45. The van der Waals surface area contributed by atoms with Gasteiger partial charge in [0.2, 0.25) is 5.91 Å². The van der Waals surface area contributed by atoms with Crippen LogP contribution in [0.2, 0.25) is 0 Å². The number of carbonyl (C=O) groups is 1. The summed E-state index contributed by atoms with van der Waals surface area (Å²) < 4.78 is 4.90. The largest absolute Gasteiger partial charge is 0.497 e. The highest BCUT2D eigenvalue weighted by molar-refractivity contribution is 5.95. The second kappa shape index (κ2) is 4.13. The van der Waals surface area contributed by atoms with E-state index in [4.69, 9.17) is 10.3 Å². The third kappa shape index (κ3) is 2.21. The van der Waals surface area contributed by atoms with Gasteiger partial charge in [-0.2, -0.15) is 0 Å². The van der Waals surface area contributed by atoms with E-state index in [9.17, 15) is 4.79 Å². The lowest BCUT2D eigenvalue weighted by atomic mass is 10.2. The van der Waals surface area contributed by atoms with Crippen molar-refractivity contribution in [1.82, 2.24) is 0 Å². The lowest BCUT2D eigenvalue weighted by Gasteiger charge is -1.99. The predicted octanol–water partition coefficient (Wildman–Crippen LogP) is 2.15. The monoisotopic (exact) mass is 177 g/mol. The fourth-order valence-electron chi connectivity index (χ4n) is 0.854. The standard InChI is InChI=1S/C8H7N3O2/c1-13-7-4-2-3-6(5-7)8(12)10-11-9/h2-5H,1H3. The van der Waals surface area contributed by atoms with Gasteiger partial charge in [0.15, 0.2) is 0 Å². The number of carbonyl (C=O) groups excluding carboxylic acids is 1. The first-order valence-corrected chi connectivity index (χ1v) is 3.51. The molecule has 0 saturated heterocycles. The van der Waals surface area contributed by atoms with Crippen molar-refractivity contribution >= 4 is 5.91 Å². The number of hydrogen-bond donors (Lipinski definition) is 0. The summed E-state index contributed by atoms with van der Waals surface area (Å²) in [5.74, 6) is -0.0552. The van der Waals surface area contributed by atoms with Crippen LogP contribution in [0.25, 0.3) is 10.4 Å². The van der Waals surface area contributed by atoms with E-state index in [0.29, 0.717) is 11.3 Å². The molecule has 0 N–H and O–H groups in total. The second-order valence-corrected chi connectivity index (χ2v) is 2.23. The van der Waals surface area contributed by atoms with Gasteiger partial charge < -0.3 is 4.74 Å². The molecule has 0 aliphatic heterocycles. The topological polar surface area (TPSA) is 75.1 Å². The predicted molar refractivity (Wildman–Crippen MR) is 46.5 cm³/mol. The molecule has 0 aliphatic carbocycles. The summed E-state index contributed by atoms with van der Waals surface area (Å²) in [6, 6.07) is 6.42. The fraction of sp³-hybridized carbons (Fsp3) is 0.125. The Labute approximate surface area is 74.6 Å². The molecule has 0 atom stereocenters. The van der Waals surface area contributed by atoms with E-state index in [1.54, 1.807) is 18.2 Å². The van der Waals surface area contributed by atoms with Gasteiger partial charge in [-0.05, 0) is 22.8 Å². The lowest BCUT2D eigenvalue weighted by Crippen LogP contribution is -1.93. The first-order valence-electron chi connectivity index (χ1n) is 3.51. The Morgan fingerprint density at radius 3 is 3.00 bits per heavy atom. The Balaban J connectivity index is 3.01. The van der Waals surface area contributed by atoms with Gasteiger partial charge in [-0.3, -0.25) is 4.79 Å². The van der Waals surface area contributed by atoms with E-state index in [0.717, 1.165) is 0 Å². The van der Waals surface area contributed by atoms with Crippen molar-refractivity contribution in [2.24, 2.45) is 5.11 Å². The molecule has 0 aliphatic rings. The molecule has 0 saturated carbocycles. The van der Waals surface area contributed by atoms with Gasteiger partial charge in [0, 0.05) is 10.5 Å². The average molecular weight is 177 g/mol. The molecule has 0 aromatic heterocycles. The molecule has 0 bridgehead atoms. The molecular weight excluding hydrogens is 170 g/mol. The van der Waals surface area contributed by atoms with E-state index >= 15 is 0 Å². The van der Waals surface area contributed by atoms with Gasteiger partial charge in [0.1, 0.15) is 5.75 Å². The Hall–Kier alpha value is -2.00. The molecule has 0 heterocycles. The van der Waals surface area contributed by atoms with Crippen LogP contribution >= 0.6 is 0 Å². The maximum absolute atomic E-state index is 11.0. The molecule has 0 spiro atoms. The number of ether oxygens (including phenoxy) is 1. The van der Waals surface area contributed by atoms with Crippen LogP contribution in [0, 0.1) is 0 Å². The van der Waals surface area contributed by atoms with Gasteiger partial charge >= 0.3 is 0 Å². The van der Waals surface area contributed by atoms with Crippen LogP contribution in [-0.4, -0.2) is 13.0 Å². The molecule has 66 valence electrons. The molecule has 0 fully saturated rings. The van der Waals surface area contributed by atoms with E-state index in [1.165, 1.54) is 13.2 Å². The molecule has 1 amide bonds. The van der Waals surface area contributed by atoms with Crippen LogP contribution < -0.4 is 4.74 Å². The number of methoxy groups -OCH3 is 1. The molecule has 5 nitrogen and oxygen atoms in total. The highest BCUT2D eigenvalue weighted by Crippen LogP contribution is 2.13. The van der Waals surface area contributed by atoms with Gasteiger partial charge in [0.05, 0.1) is 7.11 Å². The summed E-state index contributed by atoms with van der Waals surface area (Å²) in [7, 11) is 1.50. The normalized spacial score (nSPS) is 8.69. The Kier molecular flexibility index (Phi) is 2.89. The number of rotatable bonds is 2. The Morgan fingerprint density at radius 2 is 2.38 bits per heavy atom. The number of nitrogens with zero attached hydrogens (tertiary/aromatic N) is 3. The summed E-state index contributed by atoms with van der Waals surface area (Å²) in [4.78, 5) is 13.4. The number of benzene rings is 1. The van der Waals surface area contributed by atoms with Gasteiger partial charge in [-0.1, -0.05) is 12.1 Å². The summed E-state index contributed by atoms with van der Waals surface area (Å²) in [5.41, 5.74) is 8.35. The molecule has 0 radical (unpaired) electrons. The number of azide groups is 1. The smallest absolute Gasteiger partial charge is 0.249 e. The third-order valence-electron chi connectivity index (χ3n) is 1.45. The van der Waals surface area contributed by atoms with Gasteiger partial charge in [-0.25, -0.2) is 0 Å². The van der Waals surface area contributed by atoms with Crippen molar-refractivity contribution < 1.29 is 9.53 Å². The minimum Gasteiger partial charge on any atom is -0.497 e. The Bertz CT molecular complexity index is 369. The van der Waals surface area contributed by atoms with Crippen molar-refractivity contribution in [3.8, 4) is 5.75 Å². The molecule has 1 rings (SSSR count). The zero-order valence-electron chi connectivity index (χ0n) is 6.97. The average Bonchev–Trinajstić information content (AvgIpc) is 2.18. The van der Waals surface area contributed by atoms with Crippen LogP contribution in [-0.2, 0) is 0 Å². The van der Waals surface area contributed by atoms with Crippen molar-refractivity contribution in [3.05, 3.63) is 40.3 Å². The summed E-state index contributed by atoms with van der Waals surface area (Å²) in [5, 5.41) is 2.96. The van der Waals surface area contributed by atoms with Crippen LogP contribution in [0.1, 0.15) is 10.4 Å². The van der Waals surface area contributed by atoms with Crippen molar-refractivity contribution in [2.45, 2.75) is 0 Å². The highest BCUT2D eigenvalue weighted by atomic mass is 16.5. The van der Waals surface area contributed by atoms with E-state index in [-0.39, 0.29) is 0 Å². The first kappa shape index (κ1) is 9.09. The SMILES string of the molecule is COc1cccc(C(=O)N=[N+]=[N-])c1. The maximum atomic E-state index is 11.0. The molecule has 13 heavy (non-hydrogen) atoms. The molecule has 5 heteroatoms. The summed E-state index contributed by atoms with van der Waals surface area (Å²) in [6.07, 6.45) is 0. The van der Waals surface area contributed by atoms with Crippen LogP contribution in [0.3, 0.4) is 0 Å². The quantitative estimate of drug-likeness (QED) is 0.394. The maximum Gasteiger partial charge on any atom is 0.249 e. The summed E-state index contributed by atoms with van der Waals surface area (Å²) in [6.45, 7) is 0. The number of hydrogen-bond acceptors (Lipinski definition) is 2. The van der Waals surface area contributed by atoms with Crippen LogP contribution in [0.15, 0.2) is 29.4 Å². The molecular formula is C8H7N3O2. The second-order valence-electron chi connectivity index (χ2n) is 2.23. The zero-order chi connectivity index (χ0) is 9.68. The number of amides is 1. The van der Waals surface area contributed by atoms with Crippen molar-refractivity contribution in [3.63, 3.8) is 0 Å². The zero-order valence-corrected chi connectivity index (χ0v) is 6.97. The van der Waals surface area contributed by atoms with Crippen molar-refractivity contribution in [1.29, 1.82) is 0 Å². The van der Waals surface area contributed by atoms with E-state index in [2.05, 4.69) is 10.0 Å².